The summed E-state index contributed by atoms with van der Waals surface area (Å²) in [6.07, 6.45) is 0. The summed E-state index contributed by atoms with van der Waals surface area (Å²) in [7, 11) is -3.97. The lowest BCUT2D eigenvalue weighted by atomic mass is 10.1. The molecule has 3 aromatic carbocycles. The minimum atomic E-state index is -3.97. The van der Waals surface area contributed by atoms with Crippen molar-refractivity contribution in [2.24, 2.45) is 0 Å². The lowest BCUT2D eigenvalue weighted by Crippen LogP contribution is -2.50. The number of piperazine rings is 1. The van der Waals surface area contributed by atoms with E-state index in [1.54, 1.807) is 17.0 Å². The number of hydrogen-bond acceptors (Lipinski definition) is 5. The summed E-state index contributed by atoms with van der Waals surface area (Å²) in [5.41, 5.74) is 3.86. The summed E-state index contributed by atoms with van der Waals surface area (Å²) in [5.74, 6) is 0.566. The smallest absolute Gasteiger partial charge is 0.253 e. The molecular weight excluding hydrogens is 462 g/mol. The van der Waals surface area contributed by atoms with Gasteiger partial charge in [-0.05, 0) is 74.4 Å². The molecule has 0 aromatic heterocycles. The zero-order valence-electron chi connectivity index (χ0n) is 20.0. The maximum atomic E-state index is 13.6. The van der Waals surface area contributed by atoms with Crippen LogP contribution >= 0.6 is 0 Å². The molecule has 1 heterocycles. The molecule has 0 bridgehead atoms. The van der Waals surface area contributed by atoms with Gasteiger partial charge in [0.25, 0.3) is 5.91 Å². The van der Waals surface area contributed by atoms with Crippen molar-refractivity contribution in [3.05, 3.63) is 88.5 Å². The Balaban J connectivity index is 1.57. The zero-order chi connectivity index (χ0) is 25.2. The molecule has 1 aliphatic rings. The van der Waals surface area contributed by atoms with Gasteiger partial charge in [-0.25, -0.2) is 8.42 Å². The topological polar surface area (TPSA) is 90.7 Å². The number of benzene rings is 3. The van der Waals surface area contributed by atoms with Gasteiger partial charge >= 0.3 is 0 Å². The number of aryl methyl sites for hydroxylation is 3. The molecule has 0 spiro atoms. The quantitative estimate of drug-likeness (QED) is 0.529. The highest BCUT2D eigenvalue weighted by Crippen LogP contribution is 2.33. The largest absolute Gasteiger partial charge is 0.456 e. The summed E-state index contributed by atoms with van der Waals surface area (Å²) >= 11 is 0. The van der Waals surface area contributed by atoms with Crippen molar-refractivity contribution in [1.82, 2.24) is 9.21 Å². The third kappa shape index (κ3) is 5.37. The van der Waals surface area contributed by atoms with E-state index in [1.165, 1.54) is 22.5 Å². The van der Waals surface area contributed by atoms with E-state index in [9.17, 15) is 18.5 Å². The van der Waals surface area contributed by atoms with E-state index in [-0.39, 0.29) is 48.3 Å². The Labute approximate surface area is 206 Å². The molecule has 1 aliphatic heterocycles. The Bertz CT molecular complexity index is 1380. The lowest BCUT2D eigenvalue weighted by Gasteiger charge is -2.34. The van der Waals surface area contributed by atoms with Crippen LogP contribution in [0.3, 0.4) is 0 Å². The lowest BCUT2D eigenvalue weighted by molar-refractivity contribution is 0.0698. The molecule has 3 aromatic rings. The second-order valence-electron chi connectivity index (χ2n) is 8.76. The van der Waals surface area contributed by atoms with Crippen LogP contribution in [0.1, 0.15) is 32.6 Å². The fourth-order valence-electron chi connectivity index (χ4n) is 4.13. The highest BCUT2D eigenvalue weighted by atomic mass is 32.2. The van der Waals surface area contributed by atoms with Crippen molar-refractivity contribution in [2.45, 2.75) is 25.7 Å². The van der Waals surface area contributed by atoms with Crippen LogP contribution in [-0.4, -0.2) is 49.7 Å². The number of nitriles is 1. The Hall–Kier alpha value is -3.67. The molecule has 0 radical (unpaired) electrons. The summed E-state index contributed by atoms with van der Waals surface area (Å²) in [6.45, 7) is 6.69. The summed E-state index contributed by atoms with van der Waals surface area (Å²) in [6, 6.07) is 19.4. The standard InChI is InChI=1S/C27H27N3O4S/c1-19-4-7-23(8-5-19)27(31)29-10-12-30(13-11-29)35(32,33)26-17-22(18-28)6-9-25(26)34-24-15-20(2)14-21(3)16-24/h4-9,14-17H,10-13H2,1-3H3. The number of hydrogen-bond donors (Lipinski definition) is 0. The molecule has 0 aliphatic carbocycles. The third-order valence-electron chi connectivity index (χ3n) is 5.94. The number of sulfonamides is 1. The average Bonchev–Trinajstić information content (AvgIpc) is 2.83. The molecule has 35 heavy (non-hydrogen) atoms. The summed E-state index contributed by atoms with van der Waals surface area (Å²) in [5, 5.41) is 9.37. The summed E-state index contributed by atoms with van der Waals surface area (Å²) in [4.78, 5) is 14.4. The van der Waals surface area contributed by atoms with Crippen molar-refractivity contribution < 1.29 is 17.9 Å². The second-order valence-corrected chi connectivity index (χ2v) is 10.7. The molecule has 0 unspecified atom stereocenters. The Kier molecular flexibility index (Phi) is 6.92. The van der Waals surface area contributed by atoms with Crippen molar-refractivity contribution in [3.63, 3.8) is 0 Å². The van der Waals surface area contributed by atoms with Crippen LogP contribution in [0.2, 0.25) is 0 Å². The number of carbonyl (C=O) groups is 1. The van der Waals surface area contributed by atoms with E-state index in [0.717, 1.165) is 16.7 Å². The average molecular weight is 490 g/mol. The van der Waals surface area contributed by atoms with E-state index in [4.69, 9.17) is 4.74 Å². The van der Waals surface area contributed by atoms with Gasteiger partial charge in [0.05, 0.1) is 11.6 Å². The first-order chi connectivity index (χ1) is 16.7. The molecule has 8 heteroatoms. The monoisotopic (exact) mass is 489 g/mol. The van der Waals surface area contributed by atoms with Gasteiger partial charge in [0.15, 0.2) is 0 Å². The fourth-order valence-corrected chi connectivity index (χ4v) is 5.69. The van der Waals surface area contributed by atoms with Crippen LogP contribution in [0, 0.1) is 32.1 Å². The predicted molar refractivity (Wildman–Crippen MR) is 133 cm³/mol. The van der Waals surface area contributed by atoms with Crippen molar-refractivity contribution in [1.29, 1.82) is 5.26 Å². The van der Waals surface area contributed by atoms with E-state index in [0.29, 0.717) is 11.3 Å². The van der Waals surface area contributed by atoms with Crippen LogP contribution in [0.5, 0.6) is 11.5 Å². The van der Waals surface area contributed by atoms with E-state index in [2.05, 4.69) is 0 Å². The highest BCUT2D eigenvalue weighted by molar-refractivity contribution is 7.89. The van der Waals surface area contributed by atoms with Crippen molar-refractivity contribution in [2.75, 3.05) is 26.2 Å². The Morgan fingerprint density at radius 1 is 0.857 bits per heavy atom. The third-order valence-corrected chi connectivity index (χ3v) is 7.86. The molecule has 4 rings (SSSR count). The van der Waals surface area contributed by atoms with Crippen molar-refractivity contribution >= 4 is 15.9 Å². The van der Waals surface area contributed by atoms with Gasteiger partial charge in [0, 0.05) is 31.7 Å². The van der Waals surface area contributed by atoms with Gasteiger partial charge < -0.3 is 9.64 Å². The van der Waals surface area contributed by atoms with Crippen LogP contribution in [0.25, 0.3) is 0 Å². The first kappa shape index (κ1) is 24.5. The Morgan fingerprint density at radius 3 is 2.09 bits per heavy atom. The zero-order valence-corrected chi connectivity index (χ0v) is 20.8. The molecular formula is C27H27N3O4S. The SMILES string of the molecule is Cc1ccc(C(=O)N2CCN(S(=O)(=O)c3cc(C#N)ccc3Oc3cc(C)cc(C)c3)CC2)cc1. The van der Waals surface area contributed by atoms with Gasteiger partial charge in [-0.15, -0.1) is 0 Å². The fraction of sp³-hybridized carbons (Fsp3) is 0.259. The summed E-state index contributed by atoms with van der Waals surface area (Å²) < 4.78 is 34.6. The van der Waals surface area contributed by atoms with Crippen LogP contribution in [0.4, 0.5) is 0 Å². The normalized spacial score (nSPS) is 14.4. The van der Waals surface area contributed by atoms with Gasteiger partial charge in [0.2, 0.25) is 10.0 Å². The molecule has 180 valence electrons. The highest BCUT2D eigenvalue weighted by Gasteiger charge is 2.33. The molecule has 1 saturated heterocycles. The van der Waals surface area contributed by atoms with E-state index in [1.807, 2.05) is 57.2 Å². The molecule has 1 amide bonds. The number of rotatable bonds is 5. The van der Waals surface area contributed by atoms with Gasteiger partial charge in [-0.2, -0.15) is 9.57 Å². The van der Waals surface area contributed by atoms with Gasteiger partial charge in [-0.1, -0.05) is 23.8 Å². The number of amides is 1. The van der Waals surface area contributed by atoms with Crippen LogP contribution in [-0.2, 0) is 10.0 Å². The minimum Gasteiger partial charge on any atom is -0.456 e. The molecule has 0 N–H and O–H groups in total. The first-order valence-electron chi connectivity index (χ1n) is 11.3. The number of nitrogens with zero attached hydrogens (tertiary/aromatic N) is 3. The molecule has 0 atom stereocenters. The minimum absolute atomic E-state index is 0.0611. The van der Waals surface area contributed by atoms with E-state index >= 15 is 0 Å². The van der Waals surface area contributed by atoms with Crippen molar-refractivity contribution in [3.8, 4) is 17.6 Å². The van der Waals surface area contributed by atoms with Crippen LogP contribution in [0.15, 0.2) is 65.6 Å². The molecule has 7 nitrogen and oxygen atoms in total. The van der Waals surface area contributed by atoms with E-state index < -0.39 is 10.0 Å². The predicted octanol–water partition coefficient (Wildman–Crippen LogP) is 4.42. The van der Waals surface area contributed by atoms with Gasteiger partial charge in [0.1, 0.15) is 16.4 Å². The molecule has 0 saturated carbocycles. The van der Waals surface area contributed by atoms with Crippen LogP contribution < -0.4 is 4.74 Å². The first-order valence-corrected chi connectivity index (χ1v) is 12.8. The maximum Gasteiger partial charge on any atom is 0.253 e. The van der Waals surface area contributed by atoms with Gasteiger partial charge in [-0.3, -0.25) is 4.79 Å². The number of ether oxygens (including phenoxy) is 1. The molecule has 1 fully saturated rings. The maximum absolute atomic E-state index is 13.6. The number of carbonyl (C=O) groups excluding carboxylic acids is 1. The Morgan fingerprint density at radius 2 is 1.49 bits per heavy atom. The second kappa shape index (κ2) is 9.90.